The molecule has 3 aromatic rings. The first-order chi connectivity index (χ1) is 16.2. The average molecular weight is 487 g/mol. The lowest BCUT2D eigenvalue weighted by molar-refractivity contribution is -0.605. The van der Waals surface area contributed by atoms with Crippen LogP contribution in [0.2, 0.25) is 5.02 Å². The molecule has 0 spiro atoms. The topological polar surface area (TPSA) is 57.2 Å². The number of hydrogen-bond acceptors (Lipinski definition) is 4. The Hall–Kier alpha value is -3.28. The first-order valence-electron chi connectivity index (χ1n) is 10.8. The number of nitrogens with zero attached hydrogens (tertiary/aromatic N) is 4. The molecule has 1 saturated heterocycles. The second-order valence-corrected chi connectivity index (χ2v) is 8.71. The minimum atomic E-state index is -4.46. The van der Waals surface area contributed by atoms with E-state index in [0.29, 0.717) is 24.3 Å². The summed E-state index contributed by atoms with van der Waals surface area (Å²) in [5.74, 6) is 0. The van der Waals surface area contributed by atoms with Gasteiger partial charge in [-0.15, -0.1) is 0 Å². The fraction of sp³-hybridized carbons (Fsp3) is 0.280. The molecule has 9 heteroatoms. The number of pyridine rings is 1. The molecule has 0 aliphatic carbocycles. The Bertz CT molecular complexity index is 1190. The van der Waals surface area contributed by atoms with Crippen molar-refractivity contribution < 1.29 is 17.9 Å². The molecule has 1 atom stereocenters. The predicted molar refractivity (Wildman–Crippen MR) is 123 cm³/mol. The molecule has 2 heterocycles. The highest BCUT2D eigenvalue weighted by Gasteiger charge is 2.35. The minimum Gasteiger partial charge on any atom is -0.619 e. The van der Waals surface area contributed by atoms with E-state index < -0.39 is 11.7 Å². The summed E-state index contributed by atoms with van der Waals surface area (Å²) in [5.41, 5.74) is 1.48. The number of benzene rings is 2. The van der Waals surface area contributed by atoms with E-state index in [1.54, 1.807) is 36.4 Å². The predicted octanol–water partition coefficient (Wildman–Crippen LogP) is 5.14. The van der Waals surface area contributed by atoms with Crippen LogP contribution >= 0.6 is 11.6 Å². The fourth-order valence-corrected chi connectivity index (χ4v) is 4.56. The number of rotatable bonds is 6. The van der Waals surface area contributed by atoms with Gasteiger partial charge in [0, 0.05) is 50.0 Å². The van der Waals surface area contributed by atoms with Crippen LogP contribution in [0.4, 0.5) is 18.9 Å². The molecular weight excluding hydrogens is 465 g/mol. The van der Waals surface area contributed by atoms with Crippen LogP contribution < -0.4 is 9.63 Å². The minimum absolute atomic E-state index is 0.0535. The van der Waals surface area contributed by atoms with Crippen molar-refractivity contribution in [3.63, 3.8) is 0 Å². The zero-order valence-corrected chi connectivity index (χ0v) is 18.9. The molecule has 176 valence electrons. The molecule has 2 aromatic carbocycles. The maximum atomic E-state index is 13.7. The Morgan fingerprint density at radius 1 is 1.15 bits per heavy atom. The number of hydrogen-bond donors (Lipinski definition) is 0. The van der Waals surface area contributed by atoms with Crippen LogP contribution in [-0.2, 0) is 19.3 Å². The molecule has 5 nitrogen and oxygen atoms in total. The molecule has 1 aliphatic rings. The van der Waals surface area contributed by atoms with Crippen molar-refractivity contribution in [3.8, 4) is 6.07 Å². The monoisotopic (exact) mass is 486 g/mol. The molecule has 0 radical (unpaired) electrons. The fourth-order valence-electron chi connectivity index (χ4n) is 4.34. The summed E-state index contributed by atoms with van der Waals surface area (Å²) in [6.45, 7) is 2.09. The van der Waals surface area contributed by atoms with E-state index in [4.69, 9.17) is 11.6 Å². The Balaban J connectivity index is 1.62. The molecule has 1 aliphatic heterocycles. The largest absolute Gasteiger partial charge is 0.619 e. The van der Waals surface area contributed by atoms with Gasteiger partial charge in [-0.2, -0.15) is 23.2 Å². The summed E-state index contributed by atoms with van der Waals surface area (Å²) in [5, 5.41) is 20.8. The molecule has 34 heavy (non-hydrogen) atoms. The van der Waals surface area contributed by atoms with Gasteiger partial charge in [0.1, 0.15) is 6.07 Å². The van der Waals surface area contributed by atoms with Crippen LogP contribution in [-0.4, -0.2) is 24.0 Å². The molecule has 4 rings (SSSR count). The lowest BCUT2D eigenvalue weighted by Gasteiger charge is -2.32. The van der Waals surface area contributed by atoms with Crippen molar-refractivity contribution in [2.24, 2.45) is 0 Å². The number of alkyl halides is 3. The van der Waals surface area contributed by atoms with E-state index in [2.05, 4.69) is 4.90 Å². The van der Waals surface area contributed by atoms with E-state index in [-0.39, 0.29) is 23.2 Å². The van der Waals surface area contributed by atoms with E-state index in [0.717, 1.165) is 29.3 Å². The van der Waals surface area contributed by atoms with Gasteiger partial charge in [-0.25, -0.2) is 0 Å². The van der Waals surface area contributed by atoms with Crippen LogP contribution in [0.5, 0.6) is 0 Å². The number of anilines is 1. The lowest BCUT2D eigenvalue weighted by Crippen LogP contribution is -2.37. The lowest BCUT2D eigenvalue weighted by atomic mass is 10.0. The van der Waals surface area contributed by atoms with Gasteiger partial charge in [0.2, 0.25) is 0 Å². The van der Waals surface area contributed by atoms with Crippen LogP contribution in [0.25, 0.3) is 0 Å². The Morgan fingerprint density at radius 2 is 1.88 bits per heavy atom. The number of likely N-dealkylation sites (tertiary alicyclic amines) is 1. The van der Waals surface area contributed by atoms with Gasteiger partial charge < -0.3 is 10.1 Å². The zero-order valence-electron chi connectivity index (χ0n) is 18.2. The van der Waals surface area contributed by atoms with Gasteiger partial charge in [0.15, 0.2) is 12.4 Å². The smallest absolute Gasteiger partial charge is 0.416 e. The quantitative estimate of drug-likeness (QED) is 0.357. The molecule has 0 bridgehead atoms. The second kappa shape index (κ2) is 9.92. The third-order valence-electron chi connectivity index (χ3n) is 6.03. The van der Waals surface area contributed by atoms with Gasteiger partial charge in [-0.05, 0) is 41.8 Å². The number of aromatic nitrogens is 1. The van der Waals surface area contributed by atoms with Crippen molar-refractivity contribution in [3.05, 3.63) is 99.5 Å². The summed E-state index contributed by atoms with van der Waals surface area (Å²) < 4.78 is 41.7. The first kappa shape index (κ1) is 23.9. The van der Waals surface area contributed by atoms with Crippen molar-refractivity contribution in [2.75, 3.05) is 18.0 Å². The van der Waals surface area contributed by atoms with Crippen molar-refractivity contribution in [1.29, 1.82) is 5.26 Å². The maximum Gasteiger partial charge on any atom is 0.416 e. The molecule has 1 unspecified atom stereocenters. The Kier molecular flexibility index (Phi) is 6.96. The van der Waals surface area contributed by atoms with Gasteiger partial charge >= 0.3 is 6.18 Å². The van der Waals surface area contributed by atoms with Crippen LogP contribution in [0.3, 0.4) is 0 Å². The third-order valence-corrected chi connectivity index (χ3v) is 6.35. The summed E-state index contributed by atoms with van der Waals surface area (Å²) in [6, 6.07) is 16.0. The second-order valence-electron chi connectivity index (χ2n) is 8.30. The van der Waals surface area contributed by atoms with Crippen LogP contribution in [0.15, 0.2) is 67.0 Å². The van der Waals surface area contributed by atoms with E-state index in [9.17, 15) is 23.6 Å². The highest BCUT2D eigenvalue weighted by molar-refractivity contribution is 6.32. The van der Waals surface area contributed by atoms with Gasteiger partial charge in [0.25, 0.3) is 0 Å². The molecule has 0 N–H and O–H groups in total. The third kappa shape index (κ3) is 5.44. The standard InChI is InChI=1S/C25H22ClF3N4O/c26-24-13-21(6-5-19(24)14-30)33(16-20-3-1-2-4-23(20)25(27,28)29)22-9-10-31(17-22)15-18-7-11-32(34)12-8-18/h1-8,11-13,22H,9-10,15-17H2. The molecule has 1 aromatic heterocycles. The molecule has 1 fully saturated rings. The highest BCUT2D eigenvalue weighted by Crippen LogP contribution is 2.35. The highest BCUT2D eigenvalue weighted by atomic mass is 35.5. The van der Waals surface area contributed by atoms with E-state index in [1.807, 2.05) is 11.0 Å². The normalized spacial score (nSPS) is 16.4. The zero-order chi connectivity index (χ0) is 24.3. The van der Waals surface area contributed by atoms with E-state index >= 15 is 0 Å². The summed E-state index contributed by atoms with van der Waals surface area (Å²) in [6.07, 6.45) is -0.817. The van der Waals surface area contributed by atoms with Gasteiger partial charge in [0.05, 0.1) is 16.1 Å². The Labute approximate surface area is 200 Å². The van der Waals surface area contributed by atoms with E-state index in [1.165, 1.54) is 24.5 Å². The van der Waals surface area contributed by atoms with Crippen molar-refractivity contribution in [1.82, 2.24) is 4.90 Å². The first-order valence-corrected chi connectivity index (χ1v) is 11.1. The summed E-state index contributed by atoms with van der Waals surface area (Å²) in [4.78, 5) is 4.15. The van der Waals surface area contributed by atoms with Gasteiger partial charge in [-0.1, -0.05) is 29.8 Å². The number of halogens is 4. The summed E-state index contributed by atoms with van der Waals surface area (Å²) in [7, 11) is 0. The molecule has 0 amide bonds. The maximum absolute atomic E-state index is 13.7. The average Bonchev–Trinajstić information content (AvgIpc) is 3.26. The summed E-state index contributed by atoms with van der Waals surface area (Å²) >= 11 is 6.27. The Morgan fingerprint density at radius 3 is 2.56 bits per heavy atom. The molecular formula is C25H22ClF3N4O. The van der Waals surface area contributed by atoms with Crippen LogP contribution in [0, 0.1) is 16.5 Å². The van der Waals surface area contributed by atoms with Crippen LogP contribution in [0.1, 0.15) is 28.7 Å². The van der Waals surface area contributed by atoms with Gasteiger partial charge in [-0.3, -0.25) is 4.90 Å². The van der Waals surface area contributed by atoms with Crippen molar-refractivity contribution >= 4 is 17.3 Å². The SMILES string of the molecule is N#Cc1ccc(N(Cc2ccccc2C(F)(F)F)C2CCN(Cc3cc[n+]([O-])cc3)C2)cc1Cl. The number of nitriles is 1. The molecule has 0 saturated carbocycles. The van der Waals surface area contributed by atoms with Crippen molar-refractivity contribution in [2.45, 2.75) is 31.7 Å².